The van der Waals surface area contributed by atoms with E-state index < -0.39 is 10.0 Å². The third-order valence-corrected chi connectivity index (χ3v) is 7.24. The Morgan fingerprint density at radius 3 is 2.90 bits per heavy atom. The fourth-order valence-electron chi connectivity index (χ4n) is 3.71. The summed E-state index contributed by atoms with van der Waals surface area (Å²) in [6, 6.07) is 8.44. The first-order chi connectivity index (χ1) is 15.0. The normalized spacial score (nSPS) is 16.3. The number of ether oxygens (including phenoxy) is 1. The SMILES string of the molecule is NS(=O)(=O)c1cccc(Nc2ncc3c(n2)-c2cc(CN4CCNCC4)sc2CO3)c1. The summed E-state index contributed by atoms with van der Waals surface area (Å²) in [6.07, 6.45) is 1.64. The van der Waals surface area contributed by atoms with Gasteiger partial charge < -0.3 is 15.4 Å². The molecule has 31 heavy (non-hydrogen) atoms. The molecular weight excluding hydrogens is 436 g/mol. The molecule has 11 heteroatoms. The number of nitrogens with one attached hydrogen (secondary N) is 2. The maximum Gasteiger partial charge on any atom is 0.238 e. The van der Waals surface area contributed by atoms with Crippen LogP contribution < -0.4 is 20.5 Å². The first-order valence-electron chi connectivity index (χ1n) is 9.90. The van der Waals surface area contributed by atoms with E-state index in [0.717, 1.165) is 48.9 Å². The van der Waals surface area contributed by atoms with Gasteiger partial charge in [-0.15, -0.1) is 11.3 Å². The van der Waals surface area contributed by atoms with E-state index in [1.165, 1.54) is 17.0 Å². The van der Waals surface area contributed by atoms with Crippen LogP contribution in [0.25, 0.3) is 11.3 Å². The van der Waals surface area contributed by atoms with Crippen LogP contribution in [0.15, 0.2) is 41.4 Å². The molecule has 0 radical (unpaired) electrons. The van der Waals surface area contributed by atoms with Gasteiger partial charge in [-0.3, -0.25) is 4.90 Å². The summed E-state index contributed by atoms with van der Waals surface area (Å²) in [4.78, 5) is 13.9. The molecule has 4 heterocycles. The van der Waals surface area contributed by atoms with Gasteiger partial charge >= 0.3 is 0 Å². The average molecular weight is 459 g/mol. The zero-order valence-corrected chi connectivity index (χ0v) is 18.3. The van der Waals surface area contributed by atoms with Crippen molar-refractivity contribution in [2.24, 2.45) is 5.14 Å². The molecular formula is C20H22N6O3S2. The topological polar surface area (TPSA) is 122 Å². The van der Waals surface area contributed by atoms with Gasteiger partial charge in [0.1, 0.15) is 12.3 Å². The second-order valence-corrected chi connectivity index (χ2v) is 10.3. The predicted octanol–water partition coefficient (Wildman–Crippen LogP) is 1.89. The number of sulfonamides is 1. The molecule has 1 saturated heterocycles. The number of hydrogen-bond donors (Lipinski definition) is 3. The van der Waals surface area contributed by atoms with E-state index in [4.69, 9.17) is 9.88 Å². The van der Waals surface area contributed by atoms with E-state index in [0.29, 0.717) is 24.0 Å². The minimum absolute atomic E-state index is 0.0245. The molecule has 3 aromatic rings. The summed E-state index contributed by atoms with van der Waals surface area (Å²) in [5, 5.41) is 11.7. The lowest BCUT2D eigenvalue weighted by Gasteiger charge is -2.26. The number of rotatable bonds is 5. The van der Waals surface area contributed by atoms with Gasteiger partial charge in [0, 0.05) is 48.9 Å². The summed E-state index contributed by atoms with van der Waals surface area (Å²) < 4.78 is 29.1. The standard InChI is InChI=1S/C20H22N6O3S2/c21-31(27,28)15-3-1-2-13(8-15)24-20-23-10-17-19(25-20)16-9-14(30-18(16)12-29-17)11-26-6-4-22-5-7-26/h1-3,8-10,22H,4-7,11-12H2,(H2,21,27,28)(H,23,24,25). The summed E-state index contributed by atoms with van der Waals surface area (Å²) in [6.45, 7) is 5.57. The number of anilines is 2. The second kappa shape index (κ2) is 8.17. The van der Waals surface area contributed by atoms with Gasteiger partial charge in [0.25, 0.3) is 0 Å². The maximum absolute atomic E-state index is 11.6. The smallest absolute Gasteiger partial charge is 0.238 e. The van der Waals surface area contributed by atoms with E-state index in [1.807, 2.05) is 0 Å². The van der Waals surface area contributed by atoms with Crippen LogP contribution in [-0.4, -0.2) is 49.5 Å². The molecule has 2 aliphatic rings. The fourth-order valence-corrected chi connectivity index (χ4v) is 5.40. The Hall–Kier alpha value is -2.57. The van der Waals surface area contributed by atoms with Gasteiger partial charge in [-0.25, -0.2) is 23.5 Å². The van der Waals surface area contributed by atoms with Crippen LogP contribution >= 0.6 is 11.3 Å². The monoisotopic (exact) mass is 458 g/mol. The fraction of sp³-hybridized carbons (Fsp3) is 0.300. The van der Waals surface area contributed by atoms with Gasteiger partial charge in [0.2, 0.25) is 16.0 Å². The number of hydrogen-bond acceptors (Lipinski definition) is 9. The Morgan fingerprint density at radius 1 is 1.26 bits per heavy atom. The van der Waals surface area contributed by atoms with Gasteiger partial charge in [-0.1, -0.05) is 6.07 Å². The zero-order valence-electron chi connectivity index (χ0n) is 16.7. The Morgan fingerprint density at radius 2 is 2.10 bits per heavy atom. The lowest BCUT2D eigenvalue weighted by Crippen LogP contribution is -2.42. The molecule has 2 aromatic heterocycles. The third kappa shape index (κ3) is 4.41. The largest absolute Gasteiger partial charge is 0.484 e. The number of nitrogens with zero attached hydrogens (tertiary/aromatic N) is 3. The van der Waals surface area contributed by atoms with Crippen molar-refractivity contribution in [2.75, 3.05) is 31.5 Å². The number of benzene rings is 1. The lowest BCUT2D eigenvalue weighted by atomic mass is 10.1. The highest BCUT2D eigenvalue weighted by atomic mass is 32.2. The molecule has 9 nitrogen and oxygen atoms in total. The number of primary sulfonamides is 1. The van der Waals surface area contributed by atoms with Crippen molar-refractivity contribution in [1.82, 2.24) is 20.2 Å². The molecule has 5 rings (SSSR count). The van der Waals surface area contributed by atoms with Crippen LogP contribution in [0.4, 0.5) is 11.6 Å². The first-order valence-corrected chi connectivity index (χ1v) is 12.3. The van der Waals surface area contributed by atoms with E-state index >= 15 is 0 Å². The predicted molar refractivity (Wildman–Crippen MR) is 119 cm³/mol. The second-order valence-electron chi connectivity index (χ2n) is 7.47. The van der Waals surface area contributed by atoms with Crippen molar-refractivity contribution in [3.63, 3.8) is 0 Å². The maximum atomic E-state index is 11.6. The van der Waals surface area contributed by atoms with Crippen molar-refractivity contribution < 1.29 is 13.2 Å². The Bertz CT molecular complexity index is 1220. The first kappa shape index (κ1) is 20.3. The van der Waals surface area contributed by atoms with Crippen LogP contribution in [-0.2, 0) is 23.2 Å². The highest BCUT2D eigenvalue weighted by molar-refractivity contribution is 7.89. The minimum Gasteiger partial charge on any atom is -0.484 e. The zero-order chi connectivity index (χ0) is 21.4. The number of nitrogens with two attached hydrogens (primary N) is 1. The van der Waals surface area contributed by atoms with Crippen molar-refractivity contribution in [2.45, 2.75) is 18.0 Å². The highest BCUT2D eigenvalue weighted by Crippen LogP contribution is 2.41. The highest BCUT2D eigenvalue weighted by Gasteiger charge is 2.24. The van der Waals surface area contributed by atoms with E-state index in [-0.39, 0.29) is 4.90 Å². The van der Waals surface area contributed by atoms with Crippen molar-refractivity contribution in [3.05, 3.63) is 46.3 Å². The van der Waals surface area contributed by atoms with Crippen LogP contribution in [0.1, 0.15) is 9.75 Å². The molecule has 4 N–H and O–H groups in total. The number of thiophene rings is 1. The van der Waals surface area contributed by atoms with Gasteiger partial charge in [0.15, 0.2) is 5.75 Å². The van der Waals surface area contributed by atoms with Crippen LogP contribution in [0.2, 0.25) is 0 Å². The average Bonchev–Trinajstić information content (AvgIpc) is 3.17. The number of piperazine rings is 1. The van der Waals surface area contributed by atoms with Crippen molar-refractivity contribution >= 4 is 33.0 Å². The summed E-state index contributed by atoms with van der Waals surface area (Å²) in [5.41, 5.74) is 2.34. The summed E-state index contributed by atoms with van der Waals surface area (Å²) >= 11 is 1.76. The Balaban J connectivity index is 1.41. The van der Waals surface area contributed by atoms with Gasteiger partial charge in [-0.05, 0) is 24.3 Å². The molecule has 0 unspecified atom stereocenters. The quantitative estimate of drug-likeness (QED) is 0.530. The third-order valence-electron chi connectivity index (χ3n) is 5.24. The van der Waals surface area contributed by atoms with Gasteiger partial charge in [0.05, 0.1) is 16.0 Å². The molecule has 2 aliphatic heterocycles. The van der Waals surface area contributed by atoms with Crippen LogP contribution in [0.3, 0.4) is 0 Å². The lowest BCUT2D eigenvalue weighted by molar-refractivity contribution is 0.235. The molecule has 1 aromatic carbocycles. The minimum atomic E-state index is -3.79. The summed E-state index contributed by atoms with van der Waals surface area (Å²) in [5.74, 6) is 1.000. The van der Waals surface area contributed by atoms with Crippen LogP contribution in [0.5, 0.6) is 5.75 Å². The number of fused-ring (bicyclic) bond motifs is 3. The molecule has 0 bridgehead atoms. The Labute approximate surface area is 184 Å². The molecule has 0 amide bonds. The molecule has 0 atom stereocenters. The van der Waals surface area contributed by atoms with Crippen molar-refractivity contribution in [1.29, 1.82) is 0 Å². The van der Waals surface area contributed by atoms with E-state index in [9.17, 15) is 8.42 Å². The molecule has 0 spiro atoms. The van der Waals surface area contributed by atoms with Crippen LogP contribution in [0, 0.1) is 0 Å². The van der Waals surface area contributed by atoms with Crippen molar-refractivity contribution in [3.8, 4) is 17.0 Å². The Kier molecular flexibility index (Phi) is 5.36. The number of aromatic nitrogens is 2. The van der Waals surface area contributed by atoms with E-state index in [1.54, 1.807) is 29.7 Å². The molecule has 0 saturated carbocycles. The summed E-state index contributed by atoms with van der Waals surface area (Å²) in [7, 11) is -3.79. The molecule has 1 fully saturated rings. The molecule has 162 valence electrons. The van der Waals surface area contributed by atoms with E-state index in [2.05, 4.69) is 31.6 Å². The van der Waals surface area contributed by atoms with Gasteiger partial charge in [-0.2, -0.15) is 0 Å². The molecule has 0 aliphatic carbocycles.